The fourth-order valence-electron chi connectivity index (χ4n) is 3.56. The molecule has 5 heteroatoms. The van der Waals surface area contributed by atoms with Crippen molar-refractivity contribution in [3.8, 4) is 0 Å². The molecule has 2 aromatic carbocycles. The van der Waals surface area contributed by atoms with E-state index in [1.54, 1.807) is 25.0 Å². The largest absolute Gasteiger partial charge is 0.355 e. The van der Waals surface area contributed by atoms with Gasteiger partial charge in [0.2, 0.25) is 0 Å². The molecule has 0 fully saturated rings. The summed E-state index contributed by atoms with van der Waals surface area (Å²) in [5.41, 5.74) is 4.40. The summed E-state index contributed by atoms with van der Waals surface area (Å²) in [6.45, 7) is 3.44. The first-order chi connectivity index (χ1) is 12.7. The lowest BCUT2D eigenvalue weighted by molar-refractivity contribution is 0.101. The number of benzene rings is 2. The van der Waals surface area contributed by atoms with Crippen LogP contribution < -0.4 is 4.90 Å². The average molecular weight is 363 g/mol. The van der Waals surface area contributed by atoms with Gasteiger partial charge in [0.1, 0.15) is 12.1 Å². The first-order valence-electron chi connectivity index (χ1n) is 8.82. The number of aromatic nitrogens is 2. The minimum Gasteiger partial charge on any atom is -0.355 e. The van der Waals surface area contributed by atoms with E-state index in [0.29, 0.717) is 0 Å². The van der Waals surface area contributed by atoms with Gasteiger partial charge in [-0.25, -0.2) is 9.97 Å². The van der Waals surface area contributed by atoms with Gasteiger partial charge < -0.3 is 4.90 Å². The Morgan fingerprint density at radius 2 is 1.85 bits per heavy atom. The predicted octanol–water partition coefficient (Wildman–Crippen LogP) is 4.16. The first kappa shape index (κ1) is 17.0. The molecule has 0 N–H and O–H groups in total. The summed E-state index contributed by atoms with van der Waals surface area (Å²) in [5, 5.41) is 1.11. The van der Waals surface area contributed by atoms with E-state index in [1.807, 2.05) is 6.07 Å². The maximum atomic E-state index is 11.7. The summed E-state index contributed by atoms with van der Waals surface area (Å²) >= 11 is 1.73. The highest BCUT2D eigenvalue weighted by atomic mass is 32.2. The average Bonchev–Trinajstić information content (AvgIpc) is 2.89. The quantitative estimate of drug-likeness (QED) is 0.516. The monoisotopic (exact) mass is 363 g/mol. The third-order valence-electron chi connectivity index (χ3n) is 5.04. The van der Waals surface area contributed by atoms with Crippen LogP contribution in [0, 0.1) is 0 Å². The Labute approximate surface area is 157 Å². The molecule has 0 saturated heterocycles. The van der Waals surface area contributed by atoms with E-state index in [9.17, 15) is 4.79 Å². The highest BCUT2D eigenvalue weighted by Gasteiger charge is 2.18. The fourth-order valence-corrected chi connectivity index (χ4v) is 4.00. The SMILES string of the molecule is CSc1ccc2ncnc(N3CCc4ccc(C(C)=O)cc4CC3)c2c1. The van der Waals surface area contributed by atoms with Crippen LogP contribution in [-0.2, 0) is 12.8 Å². The van der Waals surface area contributed by atoms with E-state index in [4.69, 9.17) is 0 Å². The van der Waals surface area contributed by atoms with Crippen LogP contribution in [0.2, 0.25) is 0 Å². The molecule has 1 aliphatic rings. The zero-order chi connectivity index (χ0) is 18.1. The van der Waals surface area contributed by atoms with Crippen molar-refractivity contribution < 1.29 is 4.79 Å². The third kappa shape index (κ3) is 3.19. The molecule has 0 unspecified atom stereocenters. The van der Waals surface area contributed by atoms with Gasteiger partial charge in [0.15, 0.2) is 5.78 Å². The van der Waals surface area contributed by atoms with Gasteiger partial charge >= 0.3 is 0 Å². The number of nitrogens with zero attached hydrogens (tertiary/aromatic N) is 3. The molecular formula is C21H21N3OS. The van der Waals surface area contributed by atoms with Gasteiger partial charge in [-0.2, -0.15) is 0 Å². The lowest BCUT2D eigenvalue weighted by Gasteiger charge is -2.22. The number of hydrogen-bond donors (Lipinski definition) is 0. The normalized spacial score (nSPS) is 14.2. The molecule has 0 spiro atoms. The van der Waals surface area contributed by atoms with Crippen LogP contribution in [0.25, 0.3) is 10.9 Å². The van der Waals surface area contributed by atoms with Gasteiger partial charge in [-0.1, -0.05) is 12.1 Å². The Morgan fingerprint density at radius 1 is 1.04 bits per heavy atom. The first-order valence-corrected chi connectivity index (χ1v) is 10.0. The number of carbonyl (C=O) groups excluding carboxylic acids is 1. The summed E-state index contributed by atoms with van der Waals surface area (Å²) in [6, 6.07) is 12.5. The van der Waals surface area contributed by atoms with Crippen LogP contribution >= 0.6 is 11.8 Å². The number of Topliss-reactive ketones (excluding diaryl/α,β-unsaturated/α-hetero) is 1. The second-order valence-corrected chi connectivity index (χ2v) is 7.49. The second-order valence-electron chi connectivity index (χ2n) is 6.61. The van der Waals surface area contributed by atoms with Crippen LogP contribution in [0.15, 0.2) is 47.6 Å². The van der Waals surface area contributed by atoms with Crippen molar-refractivity contribution in [1.82, 2.24) is 9.97 Å². The van der Waals surface area contributed by atoms with Crippen molar-refractivity contribution in [3.05, 3.63) is 59.4 Å². The Hall–Kier alpha value is -2.40. The van der Waals surface area contributed by atoms with E-state index in [-0.39, 0.29) is 5.78 Å². The Morgan fingerprint density at radius 3 is 2.62 bits per heavy atom. The molecule has 0 atom stereocenters. The molecule has 0 amide bonds. The molecule has 4 nitrogen and oxygen atoms in total. The minimum atomic E-state index is 0.125. The van der Waals surface area contributed by atoms with Gasteiger partial charge in [-0.05, 0) is 61.4 Å². The van der Waals surface area contributed by atoms with Crippen LogP contribution in [-0.4, -0.2) is 35.1 Å². The molecule has 0 bridgehead atoms. The standard InChI is InChI=1S/C21H21N3OS/c1-14(25)16-4-3-15-7-9-24(10-8-17(15)11-16)21-19-12-18(26-2)5-6-20(19)22-13-23-21/h3-6,11-13H,7-10H2,1-2H3. The van der Waals surface area contributed by atoms with Crippen molar-refractivity contribution in [2.75, 3.05) is 24.2 Å². The maximum absolute atomic E-state index is 11.7. The molecule has 132 valence electrons. The molecule has 26 heavy (non-hydrogen) atoms. The smallest absolute Gasteiger partial charge is 0.159 e. The summed E-state index contributed by atoms with van der Waals surface area (Å²) in [4.78, 5) is 24.3. The van der Waals surface area contributed by atoms with Gasteiger partial charge in [-0.15, -0.1) is 11.8 Å². The molecule has 1 aromatic heterocycles. The predicted molar refractivity (Wildman–Crippen MR) is 107 cm³/mol. The van der Waals surface area contributed by atoms with Crippen LogP contribution in [0.5, 0.6) is 0 Å². The Balaban J connectivity index is 1.68. The van der Waals surface area contributed by atoms with E-state index in [2.05, 4.69) is 51.5 Å². The number of carbonyl (C=O) groups is 1. The third-order valence-corrected chi connectivity index (χ3v) is 5.76. The molecule has 2 heterocycles. The molecule has 1 aliphatic heterocycles. The topological polar surface area (TPSA) is 46.1 Å². The minimum absolute atomic E-state index is 0.125. The summed E-state index contributed by atoms with van der Waals surface area (Å²) in [7, 11) is 0. The number of fused-ring (bicyclic) bond motifs is 2. The fraction of sp³-hybridized carbons (Fsp3) is 0.286. The number of hydrogen-bond acceptors (Lipinski definition) is 5. The molecule has 0 aliphatic carbocycles. The zero-order valence-electron chi connectivity index (χ0n) is 15.0. The Bertz CT molecular complexity index is 986. The van der Waals surface area contributed by atoms with Gasteiger partial charge in [0.05, 0.1) is 5.52 Å². The highest BCUT2D eigenvalue weighted by Crippen LogP contribution is 2.29. The number of thioether (sulfide) groups is 1. The lowest BCUT2D eigenvalue weighted by atomic mass is 9.99. The van der Waals surface area contributed by atoms with Crippen LogP contribution in [0.1, 0.15) is 28.4 Å². The molecular weight excluding hydrogens is 342 g/mol. The summed E-state index contributed by atoms with van der Waals surface area (Å²) in [5.74, 6) is 1.13. The molecule has 0 saturated carbocycles. The number of anilines is 1. The maximum Gasteiger partial charge on any atom is 0.159 e. The lowest BCUT2D eigenvalue weighted by Crippen LogP contribution is -2.27. The van der Waals surface area contributed by atoms with Crippen molar-refractivity contribution in [3.63, 3.8) is 0 Å². The van der Waals surface area contributed by atoms with E-state index in [0.717, 1.165) is 48.2 Å². The summed E-state index contributed by atoms with van der Waals surface area (Å²) in [6.07, 6.45) is 5.62. The van der Waals surface area contributed by atoms with Crippen molar-refractivity contribution in [2.45, 2.75) is 24.7 Å². The summed E-state index contributed by atoms with van der Waals surface area (Å²) < 4.78 is 0. The molecule has 0 radical (unpaired) electrons. The van der Waals surface area contributed by atoms with Crippen molar-refractivity contribution in [1.29, 1.82) is 0 Å². The van der Waals surface area contributed by atoms with Crippen molar-refractivity contribution in [2.24, 2.45) is 0 Å². The van der Waals surface area contributed by atoms with Crippen molar-refractivity contribution >= 4 is 34.3 Å². The van der Waals surface area contributed by atoms with E-state index in [1.165, 1.54) is 16.0 Å². The second kappa shape index (κ2) is 7.08. The van der Waals surface area contributed by atoms with Gasteiger partial charge in [0.25, 0.3) is 0 Å². The van der Waals surface area contributed by atoms with E-state index >= 15 is 0 Å². The van der Waals surface area contributed by atoms with Gasteiger partial charge in [-0.3, -0.25) is 4.79 Å². The number of ketones is 1. The zero-order valence-corrected chi connectivity index (χ0v) is 15.8. The van der Waals surface area contributed by atoms with Gasteiger partial charge in [0, 0.05) is 28.9 Å². The van der Waals surface area contributed by atoms with E-state index < -0.39 is 0 Å². The van der Waals surface area contributed by atoms with Crippen LogP contribution in [0.3, 0.4) is 0 Å². The molecule has 4 rings (SSSR count). The molecule has 3 aromatic rings. The number of rotatable bonds is 3. The highest BCUT2D eigenvalue weighted by molar-refractivity contribution is 7.98. The van der Waals surface area contributed by atoms with Crippen LogP contribution in [0.4, 0.5) is 5.82 Å². The Kier molecular flexibility index (Phi) is 4.64.